The molecule has 21 heavy (non-hydrogen) atoms. The predicted molar refractivity (Wildman–Crippen MR) is 89.9 cm³/mol. The SMILES string of the molecule is CCN(C(=O)CN1CCC(N)C(C)C1)c1ccccc1.Cl. The van der Waals surface area contributed by atoms with Crippen molar-refractivity contribution in [1.29, 1.82) is 0 Å². The number of rotatable bonds is 4. The standard InChI is InChI=1S/C16H25N3O.ClH/c1-3-19(14-7-5-4-6-8-14)16(20)12-18-10-9-15(17)13(2)11-18;/h4-8,13,15H,3,9-12,17H2,1-2H3;1H. The van der Waals surface area contributed by atoms with Crippen LogP contribution in [0.3, 0.4) is 0 Å². The number of likely N-dealkylation sites (tertiary alicyclic amines) is 1. The van der Waals surface area contributed by atoms with E-state index in [-0.39, 0.29) is 24.4 Å². The van der Waals surface area contributed by atoms with Gasteiger partial charge in [0.25, 0.3) is 0 Å². The van der Waals surface area contributed by atoms with E-state index >= 15 is 0 Å². The maximum Gasteiger partial charge on any atom is 0.241 e. The molecule has 1 aliphatic heterocycles. The molecule has 118 valence electrons. The fourth-order valence-electron chi connectivity index (χ4n) is 2.78. The number of benzene rings is 1. The molecule has 0 aromatic heterocycles. The summed E-state index contributed by atoms with van der Waals surface area (Å²) in [5, 5.41) is 0. The van der Waals surface area contributed by atoms with Crippen molar-refractivity contribution >= 4 is 24.0 Å². The molecular weight excluding hydrogens is 286 g/mol. The highest BCUT2D eigenvalue weighted by Crippen LogP contribution is 2.17. The number of halogens is 1. The van der Waals surface area contributed by atoms with Crippen LogP contribution in [0, 0.1) is 5.92 Å². The summed E-state index contributed by atoms with van der Waals surface area (Å²) >= 11 is 0. The van der Waals surface area contributed by atoms with Gasteiger partial charge in [0, 0.05) is 31.4 Å². The molecule has 0 radical (unpaired) electrons. The minimum Gasteiger partial charge on any atom is -0.327 e. The van der Waals surface area contributed by atoms with Crippen molar-refractivity contribution in [2.75, 3.05) is 31.1 Å². The zero-order valence-corrected chi connectivity index (χ0v) is 13.7. The van der Waals surface area contributed by atoms with Crippen molar-refractivity contribution in [1.82, 2.24) is 4.90 Å². The number of carbonyl (C=O) groups excluding carboxylic acids is 1. The summed E-state index contributed by atoms with van der Waals surface area (Å²) in [5.41, 5.74) is 7.00. The first kappa shape index (κ1) is 18.0. The summed E-state index contributed by atoms with van der Waals surface area (Å²) in [6.45, 7) is 7.20. The second kappa shape index (κ2) is 8.37. The maximum absolute atomic E-state index is 12.5. The Morgan fingerprint density at radius 1 is 1.38 bits per heavy atom. The fraction of sp³-hybridized carbons (Fsp3) is 0.562. The Balaban J connectivity index is 0.00000220. The predicted octanol–water partition coefficient (Wildman–Crippen LogP) is 2.13. The van der Waals surface area contributed by atoms with Crippen molar-refractivity contribution in [3.05, 3.63) is 30.3 Å². The zero-order chi connectivity index (χ0) is 14.5. The third kappa shape index (κ3) is 4.70. The van der Waals surface area contributed by atoms with Gasteiger partial charge in [0.05, 0.1) is 6.54 Å². The topological polar surface area (TPSA) is 49.6 Å². The van der Waals surface area contributed by atoms with Gasteiger partial charge in [0.1, 0.15) is 0 Å². The lowest BCUT2D eigenvalue weighted by molar-refractivity contribution is -0.120. The highest BCUT2D eigenvalue weighted by molar-refractivity contribution is 5.94. The first-order valence-corrected chi connectivity index (χ1v) is 7.45. The highest BCUT2D eigenvalue weighted by atomic mass is 35.5. The van der Waals surface area contributed by atoms with Crippen molar-refractivity contribution in [3.63, 3.8) is 0 Å². The molecule has 1 heterocycles. The average Bonchev–Trinajstić information content (AvgIpc) is 2.45. The maximum atomic E-state index is 12.5. The van der Waals surface area contributed by atoms with Gasteiger partial charge in [-0.15, -0.1) is 12.4 Å². The average molecular weight is 312 g/mol. The van der Waals surface area contributed by atoms with E-state index in [0.29, 0.717) is 19.0 Å². The summed E-state index contributed by atoms with van der Waals surface area (Å²) < 4.78 is 0. The van der Waals surface area contributed by atoms with E-state index in [1.165, 1.54) is 0 Å². The zero-order valence-electron chi connectivity index (χ0n) is 12.9. The Morgan fingerprint density at radius 2 is 2.05 bits per heavy atom. The quantitative estimate of drug-likeness (QED) is 0.926. The summed E-state index contributed by atoms with van der Waals surface area (Å²) in [7, 11) is 0. The molecule has 0 saturated carbocycles. The Hall–Kier alpha value is -1.10. The van der Waals surface area contributed by atoms with Crippen LogP contribution in [0.4, 0.5) is 5.69 Å². The Bertz CT molecular complexity index is 440. The van der Waals surface area contributed by atoms with E-state index in [2.05, 4.69) is 11.8 Å². The number of nitrogens with two attached hydrogens (primary N) is 1. The van der Waals surface area contributed by atoms with E-state index in [4.69, 9.17) is 5.73 Å². The number of carbonyl (C=O) groups is 1. The van der Waals surface area contributed by atoms with Gasteiger partial charge in [-0.3, -0.25) is 9.69 Å². The van der Waals surface area contributed by atoms with Gasteiger partial charge in [-0.2, -0.15) is 0 Å². The van der Waals surface area contributed by atoms with Crippen molar-refractivity contribution < 1.29 is 4.79 Å². The van der Waals surface area contributed by atoms with E-state index in [1.54, 1.807) is 0 Å². The molecule has 0 spiro atoms. The molecule has 1 fully saturated rings. The second-order valence-corrected chi connectivity index (χ2v) is 5.64. The molecule has 2 rings (SSSR count). The Labute approximate surface area is 133 Å². The van der Waals surface area contributed by atoms with Crippen LogP contribution in [0.15, 0.2) is 30.3 Å². The molecular formula is C16H26ClN3O. The summed E-state index contributed by atoms with van der Waals surface area (Å²) in [6, 6.07) is 10.1. The minimum atomic E-state index is 0. The molecule has 2 atom stereocenters. The van der Waals surface area contributed by atoms with Gasteiger partial charge in [0.2, 0.25) is 5.91 Å². The third-order valence-electron chi connectivity index (χ3n) is 4.10. The Kier molecular flexibility index (Phi) is 7.15. The van der Waals surface area contributed by atoms with E-state index < -0.39 is 0 Å². The van der Waals surface area contributed by atoms with Crippen LogP contribution >= 0.6 is 12.4 Å². The molecule has 1 aliphatic rings. The number of para-hydroxylation sites is 1. The van der Waals surface area contributed by atoms with Gasteiger partial charge >= 0.3 is 0 Å². The molecule has 1 saturated heterocycles. The second-order valence-electron chi connectivity index (χ2n) is 5.64. The molecule has 2 N–H and O–H groups in total. The van der Waals surface area contributed by atoms with Crippen LogP contribution < -0.4 is 10.6 Å². The molecule has 2 unspecified atom stereocenters. The minimum absolute atomic E-state index is 0. The molecule has 5 heteroatoms. The van der Waals surface area contributed by atoms with Crippen molar-refractivity contribution in [3.8, 4) is 0 Å². The van der Waals surface area contributed by atoms with Gasteiger partial charge in [-0.25, -0.2) is 0 Å². The number of anilines is 1. The van der Waals surface area contributed by atoms with Crippen LogP contribution in [0.25, 0.3) is 0 Å². The number of piperidine rings is 1. The largest absolute Gasteiger partial charge is 0.327 e. The number of hydrogen-bond donors (Lipinski definition) is 1. The van der Waals surface area contributed by atoms with Gasteiger partial charge in [-0.05, 0) is 31.4 Å². The summed E-state index contributed by atoms with van der Waals surface area (Å²) in [4.78, 5) is 16.6. The molecule has 1 aromatic rings. The van der Waals surface area contributed by atoms with Gasteiger partial charge in [0.15, 0.2) is 0 Å². The molecule has 0 aliphatic carbocycles. The number of amides is 1. The monoisotopic (exact) mass is 311 g/mol. The lowest BCUT2D eigenvalue weighted by Gasteiger charge is -2.35. The van der Waals surface area contributed by atoms with Crippen molar-refractivity contribution in [2.45, 2.75) is 26.3 Å². The van der Waals surface area contributed by atoms with Gasteiger partial charge in [-0.1, -0.05) is 25.1 Å². The molecule has 1 amide bonds. The number of nitrogens with zero attached hydrogens (tertiary/aromatic N) is 2. The van der Waals surface area contributed by atoms with Crippen molar-refractivity contribution in [2.24, 2.45) is 11.7 Å². The van der Waals surface area contributed by atoms with Crippen LogP contribution in [0.2, 0.25) is 0 Å². The lowest BCUT2D eigenvalue weighted by Crippen LogP contribution is -2.49. The smallest absolute Gasteiger partial charge is 0.241 e. The van der Waals surface area contributed by atoms with Crippen LogP contribution in [-0.2, 0) is 4.79 Å². The fourth-order valence-corrected chi connectivity index (χ4v) is 2.78. The lowest BCUT2D eigenvalue weighted by atomic mass is 9.95. The highest BCUT2D eigenvalue weighted by Gasteiger charge is 2.25. The molecule has 4 nitrogen and oxygen atoms in total. The van der Waals surface area contributed by atoms with Gasteiger partial charge < -0.3 is 10.6 Å². The van der Waals surface area contributed by atoms with Crippen LogP contribution in [-0.4, -0.2) is 43.0 Å². The first-order chi connectivity index (χ1) is 9.61. The normalized spacial score (nSPS) is 22.4. The first-order valence-electron chi connectivity index (χ1n) is 7.45. The van der Waals surface area contributed by atoms with E-state index in [0.717, 1.165) is 25.2 Å². The van der Waals surface area contributed by atoms with Crippen LogP contribution in [0.5, 0.6) is 0 Å². The van der Waals surface area contributed by atoms with Crippen LogP contribution in [0.1, 0.15) is 20.3 Å². The van der Waals surface area contributed by atoms with E-state index in [1.807, 2.05) is 42.2 Å². The molecule has 0 bridgehead atoms. The number of likely N-dealkylation sites (N-methyl/N-ethyl adjacent to an activating group) is 1. The summed E-state index contributed by atoms with van der Waals surface area (Å²) in [5.74, 6) is 0.629. The Morgan fingerprint density at radius 3 is 2.62 bits per heavy atom. The molecule has 1 aromatic carbocycles. The number of hydrogen-bond acceptors (Lipinski definition) is 3. The van der Waals surface area contributed by atoms with E-state index in [9.17, 15) is 4.79 Å². The third-order valence-corrected chi connectivity index (χ3v) is 4.10. The summed E-state index contributed by atoms with van der Waals surface area (Å²) in [6.07, 6.45) is 0.978.